The number of anilines is 3. The van der Waals surface area contributed by atoms with E-state index in [1.54, 1.807) is 0 Å². The molecule has 2 aliphatic rings. The highest BCUT2D eigenvalue weighted by Gasteiger charge is 2.35. The van der Waals surface area contributed by atoms with Crippen LogP contribution in [0.4, 0.5) is 17.1 Å². The van der Waals surface area contributed by atoms with E-state index >= 15 is 0 Å². The molecule has 7 aromatic rings. The normalized spacial score (nSPS) is 13.2. The van der Waals surface area contributed by atoms with Crippen molar-refractivity contribution >= 4 is 35.3 Å². The number of rotatable bonds is 5. The van der Waals surface area contributed by atoms with Gasteiger partial charge in [0.05, 0.1) is 0 Å². The summed E-state index contributed by atoms with van der Waals surface area (Å²) in [6.45, 7) is 4.71. The van der Waals surface area contributed by atoms with Crippen LogP contribution < -0.4 is 15.8 Å². The fourth-order valence-corrected chi connectivity index (χ4v) is 7.67. The Kier molecular flexibility index (Phi) is 6.33. The quantitative estimate of drug-likeness (QED) is 0.178. The Morgan fingerprint density at radius 3 is 1.77 bits per heavy atom. The topological polar surface area (TPSA) is 3.24 Å². The molecular weight excluding hydrogens is 565 g/mol. The van der Waals surface area contributed by atoms with Crippen molar-refractivity contribution in [2.75, 3.05) is 4.90 Å². The second-order valence-corrected chi connectivity index (χ2v) is 13.2. The Balaban J connectivity index is 1.16. The third-order valence-electron chi connectivity index (χ3n) is 10.1. The molecule has 1 aliphatic carbocycles. The molecule has 1 nitrogen and oxygen atoms in total. The number of nitrogens with zero attached hydrogens (tertiary/aromatic N) is 1. The molecule has 0 unspecified atom stereocenters. The zero-order valence-electron chi connectivity index (χ0n) is 26.6. The minimum absolute atomic E-state index is 0.0763. The van der Waals surface area contributed by atoms with E-state index in [0.717, 1.165) is 11.4 Å². The van der Waals surface area contributed by atoms with E-state index < -0.39 is 0 Å². The molecule has 0 saturated carbocycles. The second kappa shape index (κ2) is 10.7. The lowest BCUT2D eigenvalue weighted by molar-refractivity contribution is 0.660. The SMILES string of the molecule is CC1(C)c2ccccc2-c2ccc(N(c3ccc(-c4cccc(-c5ccccc5)c4)cc3)c3ccc4c(c3)-c3ccccc3[B]4)cc21. The molecule has 47 heavy (non-hydrogen) atoms. The first kappa shape index (κ1) is 27.7. The van der Waals surface area contributed by atoms with Crippen molar-refractivity contribution in [1.82, 2.24) is 0 Å². The first-order valence-corrected chi connectivity index (χ1v) is 16.4. The average Bonchev–Trinajstić information content (AvgIpc) is 3.61. The maximum Gasteiger partial charge on any atom is 0.193 e. The maximum absolute atomic E-state index is 2.42. The Morgan fingerprint density at radius 2 is 0.957 bits per heavy atom. The van der Waals surface area contributed by atoms with Crippen LogP contribution in [0.1, 0.15) is 25.0 Å². The number of benzene rings is 7. The highest BCUT2D eigenvalue weighted by atomic mass is 15.1. The van der Waals surface area contributed by atoms with Crippen LogP contribution in [0.15, 0.2) is 164 Å². The number of hydrogen-bond acceptors (Lipinski definition) is 1. The predicted molar refractivity (Wildman–Crippen MR) is 200 cm³/mol. The Morgan fingerprint density at radius 1 is 0.383 bits per heavy atom. The van der Waals surface area contributed by atoms with Crippen molar-refractivity contribution in [3.8, 4) is 44.5 Å². The van der Waals surface area contributed by atoms with Gasteiger partial charge < -0.3 is 4.90 Å². The molecule has 221 valence electrons. The van der Waals surface area contributed by atoms with E-state index in [2.05, 4.69) is 190 Å². The molecule has 2 heteroatoms. The van der Waals surface area contributed by atoms with Crippen molar-refractivity contribution < 1.29 is 0 Å². The third-order valence-corrected chi connectivity index (χ3v) is 10.1. The molecule has 0 saturated heterocycles. The first-order chi connectivity index (χ1) is 23.0. The lowest BCUT2D eigenvalue weighted by atomic mass is 9.68. The van der Waals surface area contributed by atoms with Crippen LogP contribution in [0.2, 0.25) is 0 Å². The molecule has 7 aromatic carbocycles. The van der Waals surface area contributed by atoms with Gasteiger partial charge in [0, 0.05) is 22.5 Å². The van der Waals surface area contributed by atoms with E-state index in [1.165, 1.54) is 72.2 Å². The predicted octanol–water partition coefficient (Wildman–Crippen LogP) is 10.4. The van der Waals surface area contributed by atoms with E-state index in [0.29, 0.717) is 0 Å². The van der Waals surface area contributed by atoms with Gasteiger partial charge in [-0.25, -0.2) is 0 Å². The smallest absolute Gasteiger partial charge is 0.193 e. The molecule has 1 radical (unpaired) electrons. The van der Waals surface area contributed by atoms with Gasteiger partial charge in [0.1, 0.15) is 0 Å². The summed E-state index contributed by atoms with van der Waals surface area (Å²) in [5, 5.41) is 0. The van der Waals surface area contributed by atoms with E-state index in [1.807, 2.05) is 0 Å². The molecular formula is C45H33BN. The first-order valence-electron chi connectivity index (χ1n) is 16.4. The molecule has 0 aromatic heterocycles. The van der Waals surface area contributed by atoms with Crippen molar-refractivity contribution in [1.29, 1.82) is 0 Å². The summed E-state index contributed by atoms with van der Waals surface area (Å²) < 4.78 is 0. The zero-order valence-corrected chi connectivity index (χ0v) is 26.6. The van der Waals surface area contributed by atoms with Crippen LogP contribution in [0.3, 0.4) is 0 Å². The Labute approximate surface area is 278 Å². The second-order valence-electron chi connectivity index (χ2n) is 13.2. The summed E-state index contributed by atoms with van der Waals surface area (Å²) in [6.07, 6.45) is 0. The van der Waals surface area contributed by atoms with Crippen LogP contribution in [0.25, 0.3) is 44.5 Å². The van der Waals surface area contributed by atoms with Gasteiger partial charge in [0.15, 0.2) is 7.28 Å². The van der Waals surface area contributed by atoms with E-state index in [9.17, 15) is 0 Å². The zero-order chi connectivity index (χ0) is 31.5. The molecule has 9 rings (SSSR count). The maximum atomic E-state index is 2.42. The molecule has 0 fully saturated rings. The van der Waals surface area contributed by atoms with Crippen LogP contribution >= 0.6 is 0 Å². The molecule has 0 atom stereocenters. The van der Waals surface area contributed by atoms with Crippen LogP contribution in [0.5, 0.6) is 0 Å². The van der Waals surface area contributed by atoms with Crippen LogP contribution in [0, 0.1) is 0 Å². The number of hydrogen-bond donors (Lipinski definition) is 0. The molecule has 0 amide bonds. The monoisotopic (exact) mass is 598 g/mol. The molecule has 0 bridgehead atoms. The van der Waals surface area contributed by atoms with Crippen LogP contribution in [-0.2, 0) is 5.41 Å². The standard InChI is InChI=1S/C45H33BN/c1-45(2)41-17-8-6-15-37(41)38-25-23-36(29-42(38)45)47(35-24-26-44-40(28-35)39-16-7-9-18-43(39)46-44)34-21-19-31(20-22-34)33-14-10-13-32(27-33)30-11-4-3-5-12-30/h3-29H,1-2H3. The highest BCUT2D eigenvalue weighted by Crippen LogP contribution is 2.50. The fourth-order valence-electron chi connectivity index (χ4n) is 7.67. The van der Waals surface area contributed by atoms with Gasteiger partial charge in [-0.1, -0.05) is 146 Å². The van der Waals surface area contributed by atoms with Crippen LogP contribution in [-0.4, -0.2) is 7.28 Å². The molecule has 0 N–H and O–H groups in total. The minimum atomic E-state index is -0.0763. The van der Waals surface area contributed by atoms with Crippen molar-refractivity contribution in [3.05, 3.63) is 175 Å². The van der Waals surface area contributed by atoms with E-state index in [-0.39, 0.29) is 5.41 Å². The highest BCUT2D eigenvalue weighted by molar-refractivity contribution is 6.73. The molecule has 1 aliphatic heterocycles. The Bertz CT molecular complexity index is 2300. The van der Waals surface area contributed by atoms with Crippen molar-refractivity contribution in [2.24, 2.45) is 0 Å². The molecule has 1 heterocycles. The van der Waals surface area contributed by atoms with Gasteiger partial charge in [-0.3, -0.25) is 0 Å². The fraction of sp³-hybridized carbons (Fsp3) is 0.0667. The summed E-state index contributed by atoms with van der Waals surface area (Å²) in [6, 6.07) is 60.0. The number of fused-ring (bicyclic) bond motifs is 6. The summed E-state index contributed by atoms with van der Waals surface area (Å²) in [4.78, 5) is 2.42. The summed E-state index contributed by atoms with van der Waals surface area (Å²) in [5.41, 5.74) is 18.8. The van der Waals surface area contributed by atoms with Gasteiger partial charge in [0.25, 0.3) is 0 Å². The van der Waals surface area contributed by atoms with Gasteiger partial charge in [-0.05, 0) is 98.1 Å². The molecule has 0 spiro atoms. The minimum Gasteiger partial charge on any atom is -0.310 e. The van der Waals surface area contributed by atoms with Gasteiger partial charge >= 0.3 is 0 Å². The lowest BCUT2D eigenvalue weighted by Crippen LogP contribution is -2.21. The van der Waals surface area contributed by atoms with Gasteiger partial charge in [-0.15, -0.1) is 0 Å². The van der Waals surface area contributed by atoms with Gasteiger partial charge in [0.2, 0.25) is 0 Å². The summed E-state index contributed by atoms with van der Waals surface area (Å²) in [7, 11) is 2.30. The largest absolute Gasteiger partial charge is 0.310 e. The summed E-state index contributed by atoms with van der Waals surface area (Å²) in [5.74, 6) is 0. The Hall–Kier alpha value is -5.60. The third kappa shape index (κ3) is 4.55. The van der Waals surface area contributed by atoms with Crippen molar-refractivity contribution in [2.45, 2.75) is 19.3 Å². The summed E-state index contributed by atoms with van der Waals surface area (Å²) >= 11 is 0. The van der Waals surface area contributed by atoms with Crippen molar-refractivity contribution in [3.63, 3.8) is 0 Å². The average molecular weight is 599 g/mol. The van der Waals surface area contributed by atoms with Gasteiger partial charge in [-0.2, -0.15) is 0 Å². The lowest BCUT2D eigenvalue weighted by Gasteiger charge is -2.29. The van der Waals surface area contributed by atoms with E-state index in [4.69, 9.17) is 0 Å².